The SMILES string of the molecule is COC(=O)c1ccc(CNC2C3C4CCC(C4)C23)o1. The van der Waals surface area contributed by atoms with Crippen LogP contribution in [-0.2, 0) is 11.3 Å². The molecule has 2 bridgehead atoms. The highest BCUT2D eigenvalue weighted by atomic mass is 16.5. The first kappa shape index (κ1) is 11.5. The normalized spacial score (nSPS) is 38.3. The molecule has 4 nitrogen and oxygen atoms in total. The first-order valence-corrected chi connectivity index (χ1v) is 7.18. The second kappa shape index (κ2) is 4.10. The van der Waals surface area contributed by atoms with Crippen LogP contribution in [0.3, 0.4) is 0 Å². The number of carbonyl (C=O) groups excluding carboxylic acids is 1. The van der Waals surface area contributed by atoms with E-state index in [9.17, 15) is 4.79 Å². The van der Waals surface area contributed by atoms with Crippen LogP contribution < -0.4 is 5.32 Å². The molecule has 4 heteroatoms. The van der Waals surface area contributed by atoms with Crippen molar-refractivity contribution >= 4 is 5.97 Å². The average molecular weight is 261 g/mol. The Balaban J connectivity index is 1.34. The third kappa shape index (κ3) is 1.73. The molecule has 19 heavy (non-hydrogen) atoms. The average Bonchev–Trinajstić information content (AvgIpc) is 2.85. The molecular formula is C15H19NO3. The Morgan fingerprint density at radius 1 is 1.37 bits per heavy atom. The van der Waals surface area contributed by atoms with Crippen LogP contribution in [0.1, 0.15) is 35.6 Å². The number of methoxy groups -OCH3 is 1. The first-order valence-electron chi connectivity index (χ1n) is 7.18. The van der Waals surface area contributed by atoms with Gasteiger partial charge in [-0.3, -0.25) is 0 Å². The van der Waals surface area contributed by atoms with Crippen molar-refractivity contribution in [1.82, 2.24) is 5.32 Å². The summed E-state index contributed by atoms with van der Waals surface area (Å²) in [5.41, 5.74) is 0. The number of ether oxygens (including phenoxy) is 1. The van der Waals surface area contributed by atoms with Crippen molar-refractivity contribution in [3.63, 3.8) is 0 Å². The molecule has 3 aliphatic rings. The Hall–Kier alpha value is -1.29. The van der Waals surface area contributed by atoms with E-state index in [2.05, 4.69) is 10.1 Å². The fraction of sp³-hybridized carbons (Fsp3) is 0.667. The summed E-state index contributed by atoms with van der Waals surface area (Å²) < 4.78 is 10.1. The topological polar surface area (TPSA) is 51.5 Å². The van der Waals surface area contributed by atoms with E-state index >= 15 is 0 Å². The van der Waals surface area contributed by atoms with Crippen molar-refractivity contribution in [3.8, 4) is 0 Å². The fourth-order valence-electron chi connectivity index (χ4n) is 4.50. The van der Waals surface area contributed by atoms with E-state index < -0.39 is 5.97 Å². The number of esters is 1. The fourth-order valence-corrected chi connectivity index (χ4v) is 4.50. The van der Waals surface area contributed by atoms with Gasteiger partial charge in [0.1, 0.15) is 5.76 Å². The van der Waals surface area contributed by atoms with Gasteiger partial charge in [0.05, 0.1) is 13.7 Å². The van der Waals surface area contributed by atoms with Crippen molar-refractivity contribution in [1.29, 1.82) is 0 Å². The molecule has 3 fully saturated rings. The number of hydrogen-bond donors (Lipinski definition) is 1. The molecule has 0 spiro atoms. The molecule has 4 rings (SSSR count). The maximum Gasteiger partial charge on any atom is 0.373 e. The van der Waals surface area contributed by atoms with Gasteiger partial charge in [0.15, 0.2) is 0 Å². The maximum absolute atomic E-state index is 11.3. The van der Waals surface area contributed by atoms with Gasteiger partial charge in [-0.15, -0.1) is 0 Å². The largest absolute Gasteiger partial charge is 0.463 e. The van der Waals surface area contributed by atoms with Crippen LogP contribution in [0.4, 0.5) is 0 Å². The van der Waals surface area contributed by atoms with Crippen molar-refractivity contribution in [2.75, 3.05) is 7.11 Å². The van der Waals surface area contributed by atoms with Gasteiger partial charge in [-0.1, -0.05) is 0 Å². The van der Waals surface area contributed by atoms with Gasteiger partial charge in [-0.2, -0.15) is 0 Å². The van der Waals surface area contributed by atoms with E-state index in [4.69, 9.17) is 4.42 Å². The zero-order valence-corrected chi connectivity index (χ0v) is 11.1. The van der Waals surface area contributed by atoms with E-state index in [1.807, 2.05) is 6.07 Å². The number of nitrogens with one attached hydrogen (secondary N) is 1. The zero-order chi connectivity index (χ0) is 13.0. The van der Waals surface area contributed by atoms with Crippen LogP contribution >= 0.6 is 0 Å². The molecule has 3 aliphatic carbocycles. The molecule has 1 heterocycles. The summed E-state index contributed by atoms with van der Waals surface area (Å²) in [5, 5.41) is 3.60. The summed E-state index contributed by atoms with van der Waals surface area (Å²) in [6.07, 6.45) is 4.36. The smallest absolute Gasteiger partial charge is 0.373 e. The Labute approximate surface area is 112 Å². The van der Waals surface area contributed by atoms with Gasteiger partial charge in [0, 0.05) is 6.04 Å². The summed E-state index contributed by atoms with van der Waals surface area (Å²) in [6.45, 7) is 0.716. The highest BCUT2D eigenvalue weighted by Gasteiger charge is 2.64. The minimum Gasteiger partial charge on any atom is -0.463 e. The summed E-state index contributed by atoms with van der Waals surface area (Å²) in [5.74, 6) is 4.51. The summed E-state index contributed by atoms with van der Waals surface area (Å²) in [4.78, 5) is 11.3. The third-order valence-corrected chi connectivity index (χ3v) is 5.30. The van der Waals surface area contributed by atoms with Crippen LogP contribution in [0.15, 0.2) is 16.5 Å². The first-order chi connectivity index (χ1) is 9.28. The lowest BCUT2D eigenvalue weighted by molar-refractivity contribution is 0.0563. The predicted octanol–water partition coefficient (Wildman–Crippen LogP) is 2.20. The molecule has 102 valence electrons. The number of furan rings is 1. The predicted molar refractivity (Wildman–Crippen MR) is 68.5 cm³/mol. The van der Waals surface area contributed by atoms with Gasteiger partial charge < -0.3 is 14.5 Å². The van der Waals surface area contributed by atoms with Crippen LogP contribution in [0, 0.1) is 23.7 Å². The van der Waals surface area contributed by atoms with E-state index in [-0.39, 0.29) is 5.76 Å². The van der Waals surface area contributed by atoms with Gasteiger partial charge in [0.2, 0.25) is 5.76 Å². The standard InChI is InChI=1S/C15H19NO3/c1-18-15(17)11-5-4-10(19-11)7-16-14-12-8-2-3-9(6-8)13(12)14/h4-5,8-9,12-14,16H,2-3,6-7H2,1H3. The molecule has 0 radical (unpaired) electrons. The third-order valence-electron chi connectivity index (χ3n) is 5.30. The van der Waals surface area contributed by atoms with Crippen molar-refractivity contribution in [2.24, 2.45) is 23.7 Å². The van der Waals surface area contributed by atoms with Crippen LogP contribution in [0.5, 0.6) is 0 Å². The highest BCUT2D eigenvalue weighted by Crippen LogP contribution is 2.65. The zero-order valence-electron chi connectivity index (χ0n) is 11.1. The molecule has 0 aliphatic heterocycles. The summed E-state index contributed by atoms with van der Waals surface area (Å²) >= 11 is 0. The maximum atomic E-state index is 11.3. The van der Waals surface area contributed by atoms with Gasteiger partial charge in [-0.25, -0.2) is 4.79 Å². The Morgan fingerprint density at radius 3 is 2.79 bits per heavy atom. The quantitative estimate of drug-likeness (QED) is 0.844. The number of carbonyl (C=O) groups is 1. The molecule has 0 saturated heterocycles. The molecule has 1 aromatic heterocycles. The van der Waals surface area contributed by atoms with E-state index in [1.54, 1.807) is 6.07 Å². The lowest BCUT2D eigenvalue weighted by Gasteiger charge is -2.09. The Bertz CT molecular complexity index is 493. The lowest BCUT2D eigenvalue weighted by atomic mass is 10.0. The highest BCUT2D eigenvalue weighted by molar-refractivity contribution is 5.86. The number of hydrogen-bond acceptors (Lipinski definition) is 4. The molecule has 3 saturated carbocycles. The van der Waals surface area contributed by atoms with Crippen molar-refractivity contribution < 1.29 is 13.9 Å². The van der Waals surface area contributed by atoms with Crippen molar-refractivity contribution in [2.45, 2.75) is 31.8 Å². The monoisotopic (exact) mass is 261 g/mol. The van der Waals surface area contributed by atoms with Crippen LogP contribution in [-0.4, -0.2) is 19.1 Å². The van der Waals surface area contributed by atoms with Crippen LogP contribution in [0.2, 0.25) is 0 Å². The van der Waals surface area contributed by atoms with E-state index in [1.165, 1.54) is 26.4 Å². The van der Waals surface area contributed by atoms with Gasteiger partial charge in [0.25, 0.3) is 0 Å². The number of fused-ring (bicyclic) bond motifs is 5. The minimum absolute atomic E-state index is 0.287. The second-order valence-electron chi connectivity index (χ2n) is 6.15. The summed E-state index contributed by atoms with van der Waals surface area (Å²) in [7, 11) is 1.37. The molecule has 1 N–H and O–H groups in total. The van der Waals surface area contributed by atoms with Crippen molar-refractivity contribution in [3.05, 3.63) is 23.7 Å². The minimum atomic E-state index is -0.410. The van der Waals surface area contributed by atoms with Gasteiger partial charge in [-0.05, 0) is 55.1 Å². The summed E-state index contributed by atoms with van der Waals surface area (Å²) in [6, 6.07) is 4.23. The Morgan fingerprint density at radius 2 is 2.11 bits per heavy atom. The van der Waals surface area contributed by atoms with Gasteiger partial charge >= 0.3 is 5.97 Å². The Kier molecular flexibility index (Phi) is 2.49. The lowest BCUT2D eigenvalue weighted by Crippen LogP contribution is -2.22. The van der Waals surface area contributed by atoms with E-state index in [0.29, 0.717) is 12.6 Å². The molecule has 0 amide bonds. The number of rotatable bonds is 4. The van der Waals surface area contributed by atoms with Crippen LogP contribution in [0.25, 0.3) is 0 Å². The molecular weight excluding hydrogens is 242 g/mol. The molecule has 0 aromatic carbocycles. The second-order valence-corrected chi connectivity index (χ2v) is 6.15. The molecule has 4 unspecified atom stereocenters. The molecule has 4 atom stereocenters. The molecule has 1 aromatic rings. The van der Waals surface area contributed by atoms with E-state index in [0.717, 1.165) is 29.4 Å².